The van der Waals surface area contributed by atoms with Crippen LogP contribution in [-0.4, -0.2) is 16.1 Å². The van der Waals surface area contributed by atoms with E-state index in [-0.39, 0.29) is 6.42 Å². The van der Waals surface area contributed by atoms with Crippen molar-refractivity contribution in [3.8, 4) is 0 Å². The lowest BCUT2D eigenvalue weighted by Crippen LogP contribution is -1.98. The largest absolute Gasteiger partial charge is 0.481 e. The van der Waals surface area contributed by atoms with E-state index >= 15 is 0 Å². The molecule has 1 aromatic carbocycles. The Morgan fingerprint density at radius 1 is 1.25 bits per heavy atom. The molecular weight excluding hydrogens is 274 g/mol. The maximum Gasteiger partial charge on any atom is 0.307 e. The molecule has 1 aromatic heterocycles. The van der Waals surface area contributed by atoms with Gasteiger partial charge < -0.3 is 10.1 Å². The van der Waals surface area contributed by atoms with E-state index in [9.17, 15) is 4.79 Å². The maximum atomic E-state index is 10.6. The molecule has 0 radical (unpaired) electrons. The second-order valence-electron chi connectivity index (χ2n) is 4.75. The van der Waals surface area contributed by atoms with Crippen LogP contribution < -0.4 is 0 Å². The minimum Gasteiger partial charge on any atom is -0.481 e. The van der Waals surface area contributed by atoms with E-state index in [0.717, 1.165) is 16.5 Å². The van der Waals surface area contributed by atoms with Gasteiger partial charge in [0.05, 0.1) is 11.4 Å². The highest BCUT2D eigenvalue weighted by molar-refractivity contribution is 6.35. The monoisotopic (exact) mass is 295 g/mol. The fraction of sp³-hybridized carbons (Fsp3) is 0.438. The Labute approximate surface area is 125 Å². The number of aromatic amines is 1. The van der Waals surface area contributed by atoms with Crippen molar-refractivity contribution in [2.24, 2.45) is 0 Å². The summed E-state index contributed by atoms with van der Waals surface area (Å²) in [6.07, 6.45) is 7.21. The molecule has 1 heterocycles. The lowest BCUT2D eigenvalue weighted by atomic mass is 10.1. The van der Waals surface area contributed by atoms with Crippen molar-refractivity contribution in [1.29, 1.82) is 0 Å². The Balaban J connectivity index is 0.000000286. The molecule has 0 saturated carbocycles. The number of nitrogens with one attached hydrogen (secondary N) is 1. The Bertz CT molecular complexity index is 544. The van der Waals surface area contributed by atoms with Crippen LogP contribution in [0.25, 0.3) is 10.9 Å². The van der Waals surface area contributed by atoms with Crippen LogP contribution in [0, 0.1) is 0 Å². The minimum absolute atomic E-state index is 0.0102. The van der Waals surface area contributed by atoms with Gasteiger partial charge in [-0.25, -0.2) is 0 Å². The second-order valence-corrected chi connectivity index (χ2v) is 5.16. The summed E-state index contributed by atoms with van der Waals surface area (Å²) in [6.45, 7) is 4.46. The summed E-state index contributed by atoms with van der Waals surface area (Å²) >= 11 is 5.97. The third-order valence-corrected chi connectivity index (χ3v) is 3.35. The van der Waals surface area contributed by atoms with Crippen molar-refractivity contribution in [2.45, 2.75) is 46.0 Å². The number of H-pyrrole nitrogens is 1. The van der Waals surface area contributed by atoms with Gasteiger partial charge in [-0.1, -0.05) is 57.2 Å². The topological polar surface area (TPSA) is 53.1 Å². The fourth-order valence-corrected chi connectivity index (χ4v) is 2.31. The number of carbonyl (C=O) groups is 1. The highest BCUT2D eigenvalue weighted by atomic mass is 35.5. The molecule has 3 nitrogen and oxygen atoms in total. The second kappa shape index (κ2) is 8.64. The van der Waals surface area contributed by atoms with Crippen LogP contribution in [0.4, 0.5) is 0 Å². The average Bonchev–Trinajstić information content (AvgIpc) is 2.81. The zero-order valence-electron chi connectivity index (χ0n) is 12.1. The van der Waals surface area contributed by atoms with Crippen LogP contribution in [0.2, 0.25) is 5.02 Å². The molecule has 2 aromatic rings. The van der Waals surface area contributed by atoms with E-state index in [1.54, 1.807) is 12.3 Å². The van der Waals surface area contributed by atoms with Gasteiger partial charge in [-0.2, -0.15) is 0 Å². The van der Waals surface area contributed by atoms with Gasteiger partial charge >= 0.3 is 5.97 Å². The van der Waals surface area contributed by atoms with Crippen LogP contribution in [0.15, 0.2) is 24.4 Å². The molecule has 0 atom stereocenters. The normalized spacial score (nSPS) is 10.2. The minimum atomic E-state index is -0.856. The lowest BCUT2D eigenvalue weighted by Gasteiger charge is -1.96. The highest BCUT2D eigenvalue weighted by Gasteiger charge is 2.09. The molecule has 0 aliphatic heterocycles. The highest BCUT2D eigenvalue weighted by Crippen LogP contribution is 2.26. The van der Waals surface area contributed by atoms with Crippen molar-refractivity contribution in [3.63, 3.8) is 0 Å². The summed E-state index contributed by atoms with van der Waals surface area (Å²) < 4.78 is 0. The lowest BCUT2D eigenvalue weighted by molar-refractivity contribution is -0.136. The van der Waals surface area contributed by atoms with Gasteiger partial charge in [0.2, 0.25) is 0 Å². The molecule has 4 heteroatoms. The number of halogens is 1. The third kappa shape index (κ3) is 4.89. The van der Waals surface area contributed by atoms with Crippen LogP contribution in [0.3, 0.4) is 0 Å². The Hall–Kier alpha value is -1.48. The quantitative estimate of drug-likeness (QED) is 0.760. The zero-order chi connectivity index (χ0) is 15.0. The number of unbranched alkanes of at least 4 members (excludes halogenated alkanes) is 3. The average molecular weight is 296 g/mol. The molecule has 0 unspecified atom stereocenters. The first-order valence-corrected chi connectivity index (χ1v) is 7.44. The molecule has 2 rings (SSSR count). The SMILES string of the molecule is CCCCCC.O=C(O)Cc1c[nH]c2cccc(Cl)c12. The Morgan fingerprint density at radius 3 is 2.45 bits per heavy atom. The molecule has 2 N–H and O–H groups in total. The molecule has 0 amide bonds. The summed E-state index contributed by atoms with van der Waals surface area (Å²) in [4.78, 5) is 13.6. The van der Waals surface area contributed by atoms with Crippen molar-refractivity contribution >= 4 is 28.5 Å². The number of hydrogen-bond acceptors (Lipinski definition) is 1. The van der Waals surface area contributed by atoms with Gasteiger partial charge in [-0.15, -0.1) is 0 Å². The summed E-state index contributed by atoms with van der Waals surface area (Å²) in [5, 5.41) is 10.1. The van der Waals surface area contributed by atoms with Crippen molar-refractivity contribution in [2.75, 3.05) is 0 Å². The maximum absolute atomic E-state index is 10.6. The van der Waals surface area contributed by atoms with E-state index in [4.69, 9.17) is 16.7 Å². The van der Waals surface area contributed by atoms with E-state index < -0.39 is 5.97 Å². The fourth-order valence-electron chi connectivity index (χ4n) is 2.01. The number of aliphatic carboxylic acids is 1. The van der Waals surface area contributed by atoms with Crippen molar-refractivity contribution < 1.29 is 9.90 Å². The van der Waals surface area contributed by atoms with Gasteiger partial charge in [0, 0.05) is 17.1 Å². The van der Waals surface area contributed by atoms with Crippen LogP contribution in [-0.2, 0) is 11.2 Å². The summed E-state index contributed by atoms with van der Waals surface area (Å²) in [5.41, 5.74) is 1.59. The first-order valence-electron chi connectivity index (χ1n) is 7.06. The standard InChI is InChI=1S/C10H8ClNO2.C6H14/c11-7-2-1-3-8-10(7)6(5-12-8)4-9(13)14;1-3-5-6-4-2/h1-3,5,12H,4H2,(H,13,14);3-6H2,1-2H3. The van der Waals surface area contributed by atoms with E-state index in [2.05, 4.69) is 18.8 Å². The number of benzene rings is 1. The molecule has 0 saturated heterocycles. The molecule has 20 heavy (non-hydrogen) atoms. The van der Waals surface area contributed by atoms with Crippen LogP contribution >= 0.6 is 11.6 Å². The van der Waals surface area contributed by atoms with Gasteiger partial charge in [0.15, 0.2) is 0 Å². The summed E-state index contributed by atoms with van der Waals surface area (Å²) in [6, 6.07) is 5.45. The Morgan fingerprint density at radius 2 is 1.90 bits per heavy atom. The predicted octanol–water partition coefficient (Wildman–Crippen LogP) is 5.04. The van der Waals surface area contributed by atoms with E-state index in [1.165, 1.54) is 25.7 Å². The molecular formula is C16H22ClNO2. The number of carboxylic acids is 1. The molecule has 0 bridgehead atoms. The first-order chi connectivity index (χ1) is 9.60. The Kier molecular flexibility index (Phi) is 7.16. The number of rotatable bonds is 5. The van der Waals surface area contributed by atoms with E-state index in [0.29, 0.717) is 5.02 Å². The number of carboxylic acid groups (broad SMARTS) is 1. The van der Waals surface area contributed by atoms with Gasteiger partial charge in [0.25, 0.3) is 0 Å². The summed E-state index contributed by atoms with van der Waals surface area (Å²) in [7, 11) is 0. The van der Waals surface area contributed by atoms with E-state index in [1.807, 2.05) is 12.1 Å². The predicted molar refractivity (Wildman–Crippen MR) is 84.5 cm³/mol. The van der Waals surface area contributed by atoms with Crippen LogP contribution in [0.1, 0.15) is 45.1 Å². The van der Waals surface area contributed by atoms with Crippen molar-refractivity contribution in [3.05, 3.63) is 35.0 Å². The van der Waals surface area contributed by atoms with Gasteiger partial charge in [0.1, 0.15) is 0 Å². The van der Waals surface area contributed by atoms with Gasteiger partial charge in [-0.05, 0) is 17.7 Å². The molecule has 110 valence electrons. The number of aromatic nitrogens is 1. The third-order valence-electron chi connectivity index (χ3n) is 3.04. The first kappa shape index (κ1) is 16.6. The smallest absolute Gasteiger partial charge is 0.307 e. The van der Waals surface area contributed by atoms with Crippen LogP contribution in [0.5, 0.6) is 0 Å². The zero-order valence-corrected chi connectivity index (χ0v) is 12.8. The summed E-state index contributed by atoms with van der Waals surface area (Å²) in [5.74, 6) is -0.856. The molecule has 0 spiro atoms. The number of hydrogen-bond donors (Lipinski definition) is 2. The van der Waals surface area contributed by atoms with Crippen molar-refractivity contribution in [1.82, 2.24) is 4.98 Å². The molecule has 0 aliphatic rings. The number of fused-ring (bicyclic) bond motifs is 1. The van der Waals surface area contributed by atoms with Gasteiger partial charge in [-0.3, -0.25) is 4.79 Å². The molecule has 0 fully saturated rings. The molecule has 0 aliphatic carbocycles.